The van der Waals surface area contributed by atoms with Crippen LogP contribution in [0.5, 0.6) is 0 Å². The van der Waals surface area contributed by atoms with Crippen LogP contribution in [-0.4, -0.2) is 30.6 Å². The standard InChI is InChI=1S/C17H27N3/c1-5-12-19-17(13-18,14-20(6-2)15(3)4)16-10-8-7-9-11-16/h7-11,15,19H,5-6,12,14H2,1-4H3. The smallest absolute Gasteiger partial charge is 0.145 e. The molecule has 3 heteroatoms. The quantitative estimate of drug-likeness (QED) is 0.791. The Hall–Kier alpha value is -1.37. The van der Waals surface area contributed by atoms with Gasteiger partial charge in [-0.2, -0.15) is 5.26 Å². The predicted octanol–water partition coefficient (Wildman–Crippen LogP) is 3.14. The lowest BCUT2D eigenvalue weighted by Crippen LogP contribution is -2.52. The molecule has 0 bridgehead atoms. The van der Waals surface area contributed by atoms with Crippen LogP contribution in [0.25, 0.3) is 0 Å². The van der Waals surface area contributed by atoms with E-state index in [0.29, 0.717) is 12.6 Å². The Labute approximate surface area is 123 Å². The third kappa shape index (κ3) is 4.06. The van der Waals surface area contributed by atoms with E-state index in [0.717, 1.165) is 25.1 Å². The summed E-state index contributed by atoms with van der Waals surface area (Å²) in [5.41, 5.74) is 0.424. The van der Waals surface area contributed by atoms with E-state index in [4.69, 9.17) is 0 Å². The molecule has 0 aliphatic rings. The van der Waals surface area contributed by atoms with Gasteiger partial charge in [0.25, 0.3) is 0 Å². The molecule has 0 amide bonds. The zero-order chi connectivity index (χ0) is 15.0. The third-order valence-electron chi connectivity index (χ3n) is 3.71. The SMILES string of the molecule is CCCNC(C#N)(CN(CC)C(C)C)c1ccccc1. The van der Waals surface area contributed by atoms with Gasteiger partial charge in [-0.3, -0.25) is 10.2 Å². The van der Waals surface area contributed by atoms with E-state index in [2.05, 4.69) is 44.0 Å². The maximum absolute atomic E-state index is 9.84. The van der Waals surface area contributed by atoms with E-state index in [1.165, 1.54) is 0 Å². The summed E-state index contributed by atoms with van der Waals surface area (Å²) in [5.74, 6) is 0. The number of nitriles is 1. The monoisotopic (exact) mass is 273 g/mol. The van der Waals surface area contributed by atoms with E-state index < -0.39 is 5.54 Å². The van der Waals surface area contributed by atoms with Crippen molar-refractivity contribution in [2.45, 2.75) is 45.7 Å². The summed E-state index contributed by atoms with van der Waals surface area (Å²) in [6.45, 7) is 11.1. The summed E-state index contributed by atoms with van der Waals surface area (Å²) in [6, 6.07) is 13.0. The van der Waals surface area contributed by atoms with Crippen molar-refractivity contribution in [2.75, 3.05) is 19.6 Å². The summed E-state index contributed by atoms with van der Waals surface area (Å²) in [7, 11) is 0. The van der Waals surface area contributed by atoms with Gasteiger partial charge < -0.3 is 0 Å². The number of hydrogen-bond acceptors (Lipinski definition) is 3. The molecule has 1 aromatic carbocycles. The van der Waals surface area contributed by atoms with Gasteiger partial charge in [0.15, 0.2) is 0 Å². The van der Waals surface area contributed by atoms with Gasteiger partial charge in [-0.1, -0.05) is 44.2 Å². The minimum Gasteiger partial charge on any atom is -0.298 e. The predicted molar refractivity (Wildman–Crippen MR) is 84.4 cm³/mol. The van der Waals surface area contributed by atoms with Crippen LogP contribution < -0.4 is 5.32 Å². The van der Waals surface area contributed by atoms with Crippen LogP contribution in [0.1, 0.15) is 39.7 Å². The first-order valence-corrected chi connectivity index (χ1v) is 7.55. The van der Waals surface area contributed by atoms with Crippen LogP contribution in [0.2, 0.25) is 0 Å². The Morgan fingerprint density at radius 2 is 1.90 bits per heavy atom. The van der Waals surface area contributed by atoms with Gasteiger partial charge in [0.2, 0.25) is 0 Å². The van der Waals surface area contributed by atoms with Crippen LogP contribution in [0, 0.1) is 11.3 Å². The minimum absolute atomic E-state index is 0.430. The largest absolute Gasteiger partial charge is 0.298 e. The van der Waals surface area contributed by atoms with E-state index in [1.807, 2.05) is 30.3 Å². The second-order valence-electron chi connectivity index (χ2n) is 5.47. The molecule has 20 heavy (non-hydrogen) atoms. The average Bonchev–Trinajstić information content (AvgIpc) is 2.48. The zero-order valence-corrected chi connectivity index (χ0v) is 13.2. The summed E-state index contributed by atoms with van der Waals surface area (Å²) in [4.78, 5) is 2.33. The molecule has 1 atom stereocenters. The van der Waals surface area contributed by atoms with Crippen molar-refractivity contribution in [3.05, 3.63) is 35.9 Å². The van der Waals surface area contributed by atoms with E-state index >= 15 is 0 Å². The molecule has 3 nitrogen and oxygen atoms in total. The van der Waals surface area contributed by atoms with E-state index in [-0.39, 0.29) is 0 Å². The van der Waals surface area contributed by atoms with Crippen molar-refractivity contribution >= 4 is 0 Å². The molecule has 0 saturated heterocycles. The highest BCUT2D eigenvalue weighted by atomic mass is 15.2. The Balaban J connectivity index is 3.09. The van der Waals surface area contributed by atoms with Crippen molar-refractivity contribution in [2.24, 2.45) is 0 Å². The van der Waals surface area contributed by atoms with Crippen molar-refractivity contribution in [1.29, 1.82) is 5.26 Å². The summed E-state index contributed by atoms with van der Waals surface area (Å²) < 4.78 is 0. The third-order valence-corrected chi connectivity index (χ3v) is 3.71. The molecule has 0 aliphatic heterocycles. The highest BCUT2D eigenvalue weighted by Crippen LogP contribution is 2.23. The lowest BCUT2D eigenvalue weighted by Gasteiger charge is -2.36. The van der Waals surface area contributed by atoms with Gasteiger partial charge in [-0.05, 0) is 38.9 Å². The van der Waals surface area contributed by atoms with E-state index in [9.17, 15) is 5.26 Å². The lowest BCUT2D eigenvalue weighted by atomic mass is 9.90. The van der Waals surface area contributed by atoms with E-state index in [1.54, 1.807) is 0 Å². The molecule has 0 saturated carbocycles. The molecule has 1 N–H and O–H groups in total. The Bertz CT molecular complexity index is 422. The Morgan fingerprint density at radius 1 is 1.25 bits per heavy atom. The van der Waals surface area contributed by atoms with Crippen molar-refractivity contribution < 1.29 is 0 Å². The second kappa shape index (κ2) is 8.04. The molecule has 110 valence electrons. The van der Waals surface area contributed by atoms with Crippen LogP contribution in [-0.2, 0) is 5.54 Å². The highest BCUT2D eigenvalue weighted by Gasteiger charge is 2.34. The second-order valence-corrected chi connectivity index (χ2v) is 5.47. The number of likely N-dealkylation sites (N-methyl/N-ethyl adjacent to an activating group) is 1. The van der Waals surface area contributed by atoms with Gasteiger partial charge in [-0.25, -0.2) is 0 Å². The molecule has 0 aromatic heterocycles. The van der Waals surface area contributed by atoms with Crippen molar-refractivity contribution in [3.63, 3.8) is 0 Å². The Morgan fingerprint density at radius 3 is 2.35 bits per heavy atom. The van der Waals surface area contributed by atoms with Crippen molar-refractivity contribution in [3.8, 4) is 6.07 Å². The lowest BCUT2D eigenvalue weighted by molar-refractivity contribution is 0.181. The molecule has 0 spiro atoms. The van der Waals surface area contributed by atoms with Gasteiger partial charge >= 0.3 is 0 Å². The number of rotatable bonds is 8. The van der Waals surface area contributed by atoms with Gasteiger partial charge in [0.1, 0.15) is 5.54 Å². The summed E-state index contributed by atoms with van der Waals surface area (Å²) >= 11 is 0. The fraction of sp³-hybridized carbons (Fsp3) is 0.588. The van der Waals surface area contributed by atoms with Gasteiger partial charge in [-0.15, -0.1) is 0 Å². The molecule has 0 heterocycles. The molecular formula is C17H27N3. The van der Waals surface area contributed by atoms with Crippen molar-refractivity contribution in [1.82, 2.24) is 10.2 Å². The first-order chi connectivity index (χ1) is 9.59. The van der Waals surface area contributed by atoms with Crippen LogP contribution >= 0.6 is 0 Å². The summed E-state index contributed by atoms with van der Waals surface area (Å²) in [5, 5.41) is 13.3. The number of nitrogens with one attached hydrogen (secondary N) is 1. The Kier molecular flexibility index (Phi) is 6.70. The maximum atomic E-state index is 9.84. The van der Waals surface area contributed by atoms with Crippen LogP contribution in [0.4, 0.5) is 0 Å². The molecular weight excluding hydrogens is 246 g/mol. The first-order valence-electron chi connectivity index (χ1n) is 7.55. The number of nitrogens with zero attached hydrogens (tertiary/aromatic N) is 2. The molecule has 0 radical (unpaired) electrons. The van der Waals surface area contributed by atoms with Gasteiger partial charge in [0.05, 0.1) is 6.07 Å². The average molecular weight is 273 g/mol. The molecule has 1 aromatic rings. The molecule has 0 fully saturated rings. The first kappa shape index (κ1) is 16.7. The molecule has 1 rings (SSSR count). The van der Waals surface area contributed by atoms with Crippen LogP contribution in [0.15, 0.2) is 30.3 Å². The maximum Gasteiger partial charge on any atom is 0.145 e. The number of benzene rings is 1. The van der Waals surface area contributed by atoms with Gasteiger partial charge in [0, 0.05) is 12.6 Å². The summed E-state index contributed by atoms with van der Waals surface area (Å²) in [6.07, 6.45) is 1.02. The fourth-order valence-corrected chi connectivity index (χ4v) is 2.41. The number of hydrogen-bond donors (Lipinski definition) is 1. The topological polar surface area (TPSA) is 39.1 Å². The highest BCUT2D eigenvalue weighted by molar-refractivity contribution is 5.32. The molecule has 0 aliphatic carbocycles. The fourth-order valence-electron chi connectivity index (χ4n) is 2.41. The zero-order valence-electron chi connectivity index (χ0n) is 13.2. The normalized spacial score (nSPS) is 14.2. The molecule has 1 unspecified atom stereocenters. The minimum atomic E-state index is -0.627. The van der Waals surface area contributed by atoms with Crippen LogP contribution in [0.3, 0.4) is 0 Å².